The van der Waals surface area contributed by atoms with E-state index in [4.69, 9.17) is 5.73 Å². The fourth-order valence-electron chi connectivity index (χ4n) is 2.71. The molecular formula is C16H26N2O. The molecule has 0 spiro atoms. The Kier molecular flexibility index (Phi) is 6.03. The first-order chi connectivity index (χ1) is 9.11. The quantitative estimate of drug-likeness (QED) is 0.820. The Bertz CT molecular complexity index is 383. The van der Waals surface area contributed by atoms with Crippen molar-refractivity contribution in [1.29, 1.82) is 0 Å². The lowest BCUT2D eigenvalue weighted by atomic mass is 9.78. The molecule has 1 rings (SSSR count). The van der Waals surface area contributed by atoms with Crippen LogP contribution in [-0.4, -0.2) is 19.5 Å². The van der Waals surface area contributed by atoms with Crippen molar-refractivity contribution in [3.8, 4) is 0 Å². The smallest absolute Gasteiger partial charge is 0.234 e. The van der Waals surface area contributed by atoms with E-state index in [9.17, 15) is 4.79 Å². The molecule has 1 amide bonds. The van der Waals surface area contributed by atoms with Gasteiger partial charge in [0.15, 0.2) is 0 Å². The van der Waals surface area contributed by atoms with Crippen LogP contribution >= 0.6 is 0 Å². The van der Waals surface area contributed by atoms with Crippen LogP contribution in [0.1, 0.15) is 39.5 Å². The molecule has 1 aromatic rings. The Morgan fingerprint density at radius 3 is 2.11 bits per heavy atom. The first-order valence-electron chi connectivity index (χ1n) is 7.14. The second-order valence-corrected chi connectivity index (χ2v) is 5.18. The van der Waals surface area contributed by atoms with Crippen molar-refractivity contribution >= 4 is 11.6 Å². The van der Waals surface area contributed by atoms with E-state index in [-0.39, 0.29) is 5.91 Å². The second-order valence-electron chi connectivity index (χ2n) is 5.18. The normalized spacial score (nSPS) is 11.4. The third-order valence-corrected chi connectivity index (χ3v) is 3.75. The summed E-state index contributed by atoms with van der Waals surface area (Å²) in [6.07, 6.45) is 3.66. The van der Waals surface area contributed by atoms with E-state index in [1.54, 1.807) is 4.90 Å². The first-order valence-corrected chi connectivity index (χ1v) is 7.14. The molecule has 0 aromatic heterocycles. The van der Waals surface area contributed by atoms with E-state index < -0.39 is 5.41 Å². The summed E-state index contributed by atoms with van der Waals surface area (Å²) in [6, 6.07) is 9.76. The van der Waals surface area contributed by atoms with E-state index >= 15 is 0 Å². The predicted molar refractivity (Wildman–Crippen MR) is 81.2 cm³/mol. The highest BCUT2D eigenvalue weighted by atomic mass is 16.2. The Balaban J connectivity index is 2.99. The molecule has 0 aliphatic carbocycles. The van der Waals surface area contributed by atoms with Crippen LogP contribution in [0, 0.1) is 5.41 Å². The second kappa shape index (κ2) is 7.29. The molecule has 0 heterocycles. The molecular weight excluding hydrogens is 236 g/mol. The molecule has 0 aliphatic rings. The number of benzene rings is 1. The van der Waals surface area contributed by atoms with Crippen LogP contribution in [0.25, 0.3) is 0 Å². The SMILES string of the molecule is CCCC(CN)(CCC)C(=O)N(C)c1ccccc1. The van der Waals surface area contributed by atoms with Gasteiger partial charge < -0.3 is 10.6 Å². The summed E-state index contributed by atoms with van der Waals surface area (Å²) in [5.41, 5.74) is 6.47. The number of para-hydroxylation sites is 1. The van der Waals surface area contributed by atoms with E-state index in [0.717, 1.165) is 31.4 Å². The van der Waals surface area contributed by atoms with Gasteiger partial charge in [-0.1, -0.05) is 44.9 Å². The molecule has 106 valence electrons. The third-order valence-electron chi connectivity index (χ3n) is 3.75. The maximum atomic E-state index is 12.8. The van der Waals surface area contributed by atoms with E-state index in [1.165, 1.54) is 0 Å². The van der Waals surface area contributed by atoms with E-state index in [2.05, 4.69) is 13.8 Å². The average Bonchev–Trinajstić information content (AvgIpc) is 2.46. The Hall–Kier alpha value is -1.35. The minimum atomic E-state index is -0.409. The van der Waals surface area contributed by atoms with Crippen molar-refractivity contribution in [1.82, 2.24) is 0 Å². The van der Waals surface area contributed by atoms with Gasteiger partial charge in [0.05, 0.1) is 5.41 Å². The lowest BCUT2D eigenvalue weighted by Gasteiger charge is -2.34. The van der Waals surface area contributed by atoms with Gasteiger partial charge in [0.1, 0.15) is 0 Å². The summed E-state index contributed by atoms with van der Waals surface area (Å²) in [6.45, 7) is 4.64. The van der Waals surface area contributed by atoms with Gasteiger partial charge in [-0.2, -0.15) is 0 Å². The number of nitrogens with zero attached hydrogens (tertiary/aromatic N) is 1. The molecule has 0 bridgehead atoms. The monoisotopic (exact) mass is 262 g/mol. The van der Waals surface area contributed by atoms with Gasteiger partial charge in [-0.15, -0.1) is 0 Å². The number of hydrogen-bond donors (Lipinski definition) is 1. The number of hydrogen-bond acceptors (Lipinski definition) is 2. The number of anilines is 1. The van der Waals surface area contributed by atoms with Crippen LogP contribution in [0.4, 0.5) is 5.69 Å². The zero-order valence-electron chi connectivity index (χ0n) is 12.4. The molecule has 0 atom stereocenters. The Morgan fingerprint density at radius 2 is 1.68 bits per heavy atom. The van der Waals surface area contributed by atoms with Crippen LogP contribution in [0.3, 0.4) is 0 Å². The molecule has 3 heteroatoms. The van der Waals surface area contributed by atoms with Crippen molar-refractivity contribution in [2.24, 2.45) is 11.1 Å². The van der Waals surface area contributed by atoms with Gasteiger partial charge in [-0.05, 0) is 25.0 Å². The highest BCUT2D eigenvalue weighted by Crippen LogP contribution is 2.32. The van der Waals surface area contributed by atoms with Crippen LogP contribution in [0.2, 0.25) is 0 Å². The van der Waals surface area contributed by atoms with Crippen LogP contribution in [0.15, 0.2) is 30.3 Å². The van der Waals surface area contributed by atoms with Crippen LogP contribution in [0.5, 0.6) is 0 Å². The standard InChI is InChI=1S/C16H26N2O/c1-4-11-16(13-17,12-5-2)15(19)18(3)14-9-7-6-8-10-14/h6-10H,4-5,11-13,17H2,1-3H3. The molecule has 0 saturated carbocycles. The molecule has 0 unspecified atom stereocenters. The van der Waals surface area contributed by atoms with Crippen LogP contribution in [-0.2, 0) is 4.79 Å². The zero-order valence-corrected chi connectivity index (χ0v) is 12.4. The lowest BCUT2D eigenvalue weighted by Crippen LogP contribution is -2.47. The summed E-state index contributed by atoms with van der Waals surface area (Å²) < 4.78 is 0. The first kappa shape index (κ1) is 15.7. The maximum Gasteiger partial charge on any atom is 0.234 e. The molecule has 3 nitrogen and oxygen atoms in total. The average molecular weight is 262 g/mol. The van der Waals surface area contributed by atoms with Gasteiger partial charge >= 0.3 is 0 Å². The van der Waals surface area contributed by atoms with Gasteiger partial charge in [-0.3, -0.25) is 4.79 Å². The van der Waals surface area contributed by atoms with E-state index in [1.807, 2.05) is 37.4 Å². The Labute approximate surface area is 116 Å². The minimum absolute atomic E-state index is 0.143. The highest BCUT2D eigenvalue weighted by molar-refractivity contribution is 5.97. The third kappa shape index (κ3) is 3.57. The largest absolute Gasteiger partial charge is 0.329 e. The summed E-state index contributed by atoms with van der Waals surface area (Å²) in [7, 11) is 1.84. The fourth-order valence-corrected chi connectivity index (χ4v) is 2.71. The summed E-state index contributed by atoms with van der Waals surface area (Å²) in [5.74, 6) is 0.143. The number of amides is 1. The molecule has 0 aliphatic heterocycles. The summed E-state index contributed by atoms with van der Waals surface area (Å²) in [4.78, 5) is 14.6. The Morgan fingerprint density at radius 1 is 1.16 bits per heavy atom. The highest BCUT2D eigenvalue weighted by Gasteiger charge is 2.37. The molecule has 0 fully saturated rings. The summed E-state index contributed by atoms with van der Waals surface area (Å²) >= 11 is 0. The van der Waals surface area contributed by atoms with Crippen molar-refractivity contribution < 1.29 is 4.79 Å². The number of nitrogens with two attached hydrogens (primary N) is 1. The van der Waals surface area contributed by atoms with Crippen molar-refractivity contribution in [3.05, 3.63) is 30.3 Å². The number of carbonyl (C=O) groups is 1. The predicted octanol–water partition coefficient (Wildman–Crippen LogP) is 3.19. The van der Waals surface area contributed by atoms with Crippen molar-refractivity contribution in [2.75, 3.05) is 18.5 Å². The molecule has 2 N–H and O–H groups in total. The maximum absolute atomic E-state index is 12.8. The molecule has 1 aromatic carbocycles. The molecule has 0 saturated heterocycles. The zero-order chi connectivity index (χ0) is 14.3. The summed E-state index contributed by atoms with van der Waals surface area (Å²) in [5, 5.41) is 0. The fraction of sp³-hybridized carbons (Fsp3) is 0.562. The van der Waals surface area contributed by atoms with Gasteiger partial charge in [0.25, 0.3) is 0 Å². The number of carbonyl (C=O) groups excluding carboxylic acids is 1. The topological polar surface area (TPSA) is 46.3 Å². The lowest BCUT2D eigenvalue weighted by molar-refractivity contribution is -0.128. The van der Waals surface area contributed by atoms with Crippen molar-refractivity contribution in [3.63, 3.8) is 0 Å². The van der Waals surface area contributed by atoms with Gasteiger partial charge in [-0.25, -0.2) is 0 Å². The van der Waals surface area contributed by atoms with Gasteiger partial charge in [0, 0.05) is 19.3 Å². The number of rotatable bonds is 7. The molecule has 19 heavy (non-hydrogen) atoms. The molecule has 0 radical (unpaired) electrons. The van der Waals surface area contributed by atoms with Crippen LogP contribution < -0.4 is 10.6 Å². The van der Waals surface area contributed by atoms with E-state index in [0.29, 0.717) is 6.54 Å². The van der Waals surface area contributed by atoms with Crippen molar-refractivity contribution in [2.45, 2.75) is 39.5 Å². The minimum Gasteiger partial charge on any atom is -0.329 e. The van der Waals surface area contributed by atoms with Gasteiger partial charge in [0.2, 0.25) is 5.91 Å².